The van der Waals surface area contributed by atoms with Gasteiger partial charge in [-0.1, -0.05) is 23.7 Å². The van der Waals surface area contributed by atoms with Crippen LogP contribution in [0, 0.1) is 0 Å². The molecule has 0 aliphatic carbocycles. The normalized spacial score (nSPS) is 17.4. The fraction of sp³-hybridized carbons (Fsp3) is 0.500. The summed E-state index contributed by atoms with van der Waals surface area (Å²) in [6.45, 7) is 2.71. The van der Waals surface area contributed by atoms with E-state index in [0.29, 0.717) is 37.7 Å². The number of carbonyl (C=O) groups excluding carboxylic acids is 1. The van der Waals surface area contributed by atoms with Crippen molar-refractivity contribution in [3.8, 4) is 0 Å². The number of piperazine rings is 1. The fourth-order valence-electron chi connectivity index (χ4n) is 2.33. The van der Waals surface area contributed by atoms with E-state index in [1.807, 2.05) is 23.1 Å². The first kappa shape index (κ1) is 17.2. The lowest BCUT2D eigenvalue weighted by atomic mass is 10.2. The molecule has 1 heterocycles. The Morgan fingerprint density at radius 3 is 2.55 bits per heavy atom. The van der Waals surface area contributed by atoms with Crippen LogP contribution in [0.25, 0.3) is 0 Å². The van der Waals surface area contributed by atoms with E-state index in [1.54, 1.807) is 6.07 Å². The van der Waals surface area contributed by atoms with Crippen LogP contribution >= 0.6 is 11.6 Å². The van der Waals surface area contributed by atoms with E-state index in [1.165, 1.54) is 10.6 Å². The number of rotatable bonds is 5. The van der Waals surface area contributed by atoms with Gasteiger partial charge in [0.1, 0.15) is 0 Å². The van der Waals surface area contributed by atoms with Gasteiger partial charge in [0.2, 0.25) is 15.9 Å². The van der Waals surface area contributed by atoms with E-state index in [-0.39, 0.29) is 12.5 Å². The highest BCUT2D eigenvalue weighted by atomic mass is 35.5. The molecule has 1 fully saturated rings. The van der Waals surface area contributed by atoms with Gasteiger partial charge in [0.25, 0.3) is 0 Å². The number of sulfonamides is 1. The van der Waals surface area contributed by atoms with Crippen molar-refractivity contribution in [2.75, 3.05) is 39.0 Å². The van der Waals surface area contributed by atoms with Crippen LogP contribution in [0.5, 0.6) is 0 Å². The molecule has 122 valence electrons. The summed E-state index contributed by atoms with van der Waals surface area (Å²) in [5.74, 6) is -0.0761. The van der Waals surface area contributed by atoms with Gasteiger partial charge in [-0.3, -0.25) is 9.69 Å². The number of carbonyl (C=O) groups is 1. The average molecular weight is 346 g/mol. The summed E-state index contributed by atoms with van der Waals surface area (Å²) < 4.78 is 24.3. The van der Waals surface area contributed by atoms with Crippen molar-refractivity contribution in [2.24, 2.45) is 0 Å². The fourth-order valence-corrected chi connectivity index (χ4v) is 3.37. The summed E-state index contributed by atoms with van der Waals surface area (Å²) in [4.78, 5) is 13.9. The van der Waals surface area contributed by atoms with Crippen molar-refractivity contribution in [1.29, 1.82) is 0 Å². The number of nitrogens with one attached hydrogen (secondary N) is 1. The third-order valence-electron chi connectivity index (χ3n) is 3.55. The molecule has 0 spiro atoms. The van der Waals surface area contributed by atoms with Gasteiger partial charge in [-0.15, -0.1) is 0 Å². The van der Waals surface area contributed by atoms with Crippen molar-refractivity contribution in [1.82, 2.24) is 14.5 Å². The summed E-state index contributed by atoms with van der Waals surface area (Å²) in [7, 11) is -3.13. The first-order chi connectivity index (χ1) is 10.3. The second-order valence-electron chi connectivity index (χ2n) is 5.34. The number of halogens is 1. The molecule has 0 aromatic heterocycles. The third-order valence-corrected chi connectivity index (χ3v) is 5.08. The zero-order valence-corrected chi connectivity index (χ0v) is 14.0. The van der Waals surface area contributed by atoms with Crippen molar-refractivity contribution in [3.63, 3.8) is 0 Å². The van der Waals surface area contributed by atoms with Crippen LogP contribution in [0.2, 0.25) is 5.02 Å². The molecule has 1 aromatic rings. The number of amides is 1. The molecule has 0 saturated carbocycles. The van der Waals surface area contributed by atoms with Gasteiger partial charge in [-0.25, -0.2) is 8.42 Å². The Labute approximate surface area is 136 Å². The SMILES string of the molecule is CS(=O)(=O)N1CCN(CC(=O)NCc2cccc(Cl)c2)CC1. The third kappa shape index (κ3) is 5.24. The molecule has 8 heteroatoms. The molecule has 0 atom stereocenters. The number of hydrogen-bond acceptors (Lipinski definition) is 4. The van der Waals surface area contributed by atoms with Crippen molar-refractivity contribution >= 4 is 27.5 Å². The highest BCUT2D eigenvalue weighted by Crippen LogP contribution is 2.10. The van der Waals surface area contributed by atoms with E-state index in [4.69, 9.17) is 11.6 Å². The molecule has 1 aliphatic rings. The van der Waals surface area contributed by atoms with E-state index < -0.39 is 10.0 Å². The zero-order chi connectivity index (χ0) is 16.2. The van der Waals surface area contributed by atoms with Crippen LogP contribution in [0.4, 0.5) is 0 Å². The van der Waals surface area contributed by atoms with Crippen molar-refractivity contribution < 1.29 is 13.2 Å². The van der Waals surface area contributed by atoms with Gasteiger partial charge in [-0.05, 0) is 17.7 Å². The predicted octanol–water partition coefficient (Wildman–Crippen LogP) is 0.533. The molecule has 1 saturated heterocycles. The van der Waals surface area contributed by atoms with Gasteiger partial charge in [0.05, 0.1) is 12.8 Å². The summed E-state index contributed by atoms with van der Waals surface area (Å²) in [6.07, 6.45) is 1.21. The van der Waals surface area contributed by atoms with Crippen LogP contribution in [0.1, 0.15) is 5.56 Å². The Morgan fingerprint density at radius 2 is 1.95 bits per heavy atom. The lowest BCUT2D eigenvalue weighted by molar-refractivity contribution is -0.122. The maximum absolute atomic E-state index is 11.9. The molecule has 1 aromatic carbocycles. The quantitative estimate of drug-likeness (QED) is 0.845. The molecule has 1 N–H and O–H groups in total. The molecule has 22 heavy (non-hydrogen) atoms. The average Bonchev–Trinajstić information content (AvgIpc) is 2.45. The Balaban J connectivity index is 1.74. The summed E-state index contributed by atoms with van der Waals surface area (Å²) in [5, 5.41) is 3.49. The molecular weight excluding hydrogens is 326 g/mol. The van der Waals surface area contributed by atoms with Crippen LogP contribution in [-0.4, -0.2) is 62.5 Å². The smallest absolute Gasteiger partial charge is 0.234 e. The molecule has 0 unspecified atom stereocenters. The van der Waals surface area contributed by atoms with Crippen LogP contribution in [0.15, 0.2) is 24.3 Å². The Bertz CT molecular complexity index is 628. The minimum absolute atomic E-state index is 0.0761. The van der Waals surface area contributed by atoms with Gasteiger partial charge in [0, 0.05) is 37.7 Å². The molecule has 1 aliphatic heterocycles. The van der Waals surface area contributed by atoms with Gasteiger partial charge < -0.3 is 5.32 Å². The minimum Gasteiger partial charge on any atom is -0.351 e. The van der Waals surface area contributed by atoms with Gasteiger partial charge >= 0.3 is 0 Å². The summed E-state index contributed by atoms with van der Waals surface area (Å²) in [6, 6.07) is 7.34. The molecule has 0 radical (unpaired) electrons. The summed E-state index contributed by atoms with van der Waals surface area (Å²) in [5.41, 5.74) is 0.947. The highest BCUT2D eigenvalue weighted by molar-refractivity contribution is 7.88. The largest absolute Gasteiger partial charge is 0.351 e. The molecule has 0 bridgehead atoms. The van der Waals surface area contributed by atoms with Gasteiger partial charge in [0.15, 0.2) is 0 Å². The Morgan fingerprint density at radius 1 is 1.27 bits per heavy atom. The monoisotopic (exact) mass is 345 g/mol. The first-order valence-corrected chi connectivity index (χ1v) is 9.26. The maximum atomic E-state index is 11.9. The van der Waals surface area contributed by atoms with Crippen LogP contribution < -0.4 is 5.32 Å². The predicted molar refractivity (Wildman–Crippen MR) is 86.2 cm³/mol. The van der Waals surface area contributed by atoms with Gasteiger partial charge in [-0.2, -0.15) is 4.31 Å². The van der Waals surface area contributed by atoms with Crippen molar-refractivity contribution in [3.05, 3.63) is 34.9 Å². The number of hydrogen-bond donors (Lipinski definition) is 1. The Kier molecular flexibility index (Phi) is 5.80. The number of benzene rings is 1. The second-order valence-corrected chi connectivity index (χ2v) is 7.76. The first-order valence-electron chi connectivity index (χ1n) is 7.03. The molecule has 6 nitrogen and oxygen atoms in total. The van der Waals surface area contributed by atoms with E-state index in [2.05, 4.69) is 5.32 Å². The minimum atomic E-state index is -3.13. The standard InChI is InChI=1S/C14H20ClN3O3S/c1-22(20,21)18-7-5-17(6-8-18)11-14(19)16-10-12-3-2-4-13(15)9-12/h2-4,9H,5-8,10-11H2,1H3,(H,16,19). The lowest BCUT2D eigenvalue weighted by Crippen LogP contribution is -2.50. The van der Waals surface area contributed by atoms with E-state index >= 15 is 0 Å². The molecule has 1 amide bonds. The van der Waals surface area contributed by atoms with Crippen LogP contribution in [-0.2, 0) is 21.4 Å². The van der Waals surface area contributed by atoms with E-state index in [0.717, 1.165) is 5.56 Å². The second kappa shape index (κ2) is 7.41. The summed E-state index contributed by atoms with van der Waals surface area (Å²) >= 11 is 5.89. The molecule has 2 rings (SSSR count). The van der Waals surface area contributed by atoms with E-state index in [9.17, 15) is 13.2 Å². The molecular formula is C14H20ClN3O3S. The maximum Gasteiger partial charge on any atom is 0.234 e. The Hall–Kier alpha value is -1.15. The number of nitrogens with zero attached hydrogens (tertiary/aromatic N) is 2. The lowest BCUT2D eigenvalue weighted by Gasteiger charge is -2.32. The zero-order valence-electron chi connectivity index (χ0n) is 12.5. The highest BCUT2D eigenvalue weighted by Gasteiger charge is 2.24. The van der Waals surface area contributed by atoms with Crippen LogP contribution in [0.3, 0.4) is 0 Å². The topological polar surface area (TPSA) is 69.7 Å². The van der Waals surface area contributed by atoms with Crippen molar-refractivity contribution in [2.45, 2.75) is 6.54 Å².